The second-order valence-corrected chi connectivity index (χ2v) is 4.65. The molecular weight excluding hydrogens is 319 g/mol. The van der Waals surface area contributed by atoms with Crippen LogP contribution in [0.3, 0.4) is 0 Å². The maximum atomic E-state index is 11.8. The van der Waals surface area contributed by atoms with E-state index in [1.165, 1.54) is 11.3 Å². The van der Waals surface area contributed by atoms with Crippen molar-refractivity contribution in [2.75, 3.05) is 6.54 Å². The van der Waals surface area contributed by atoms with Gasteiger partial charge in [0.15, 0.2) is 0 Å². The smallest absolute Gasteiger partial charge is 0.271 e. The van der Waals surface area contributed by atoms with Gasteiger partial charge in [-0.25, -0.2) is 4.98 Å². The fraction of sp³-hybridized carbons (Fsp3) is 0.250. The van der Waals surface area contributed by atoms with Gasteiger partial charge in [0, 0.05) is 30.7 Å². The minimum atomic E-state index is -0.168. The van der Waals surface area contributed by atoms with Crippen LogP contribution < -0.4 is 11.1 Å². The lowest BCUT2D eigenvalue weighted by Gasteiger charge is -2.02. The van der Waals surface area contributed by atoms with E-state index in [1.807, 2.05) is 12.1 Å². The highest BCUT2D eigenvalue weighted by molar-refractivity contribution is 7.09. The summed E-state index contributed by atoms with van der Waals surface area (Å²) in [5, 5.41) is 5.45. The number of nitrogens with zero attached hydrogens (tertiary/aromatic N) is 2. The Bertz CT molecular complexity index is 521. The van der Waals surface area contributed by atoms with E-state index in [0.29, 0.717) is 25.2 Å². The van der Waals surface area contributed by atoms with E-state index in [0.717, 1.165) is 10.6 Å². The van der Waals surface area contributed by atoms with E-state index in [2.05, 4.69) is 15.3 Å². The number of nitrogens with two attached hydrogens (primary N) is 1. The minimum Gasteiger partial charge on any atom is -0.347 e. The summed E-state index contributed by atoms with van der Waals surface area (Å²) < 4.78 is 0. The third kappa shape index (κ3) is 5.42. The molecule has 0 atom stereocenters. The Hall–Kier alpha value is -1.21. The Morgan fingerprint density at radius 3 is 2.85 bits per heavy atom. The number of halogens is 2. The number of hydrogen-bond acceptors (Lipinski definition) is 5. The van der Waals surface area contributed by atoms with E-state index in [-0.39, 0.29) is 30.7 Å². The SMILES string of the molecule is Cl.Cl.NCCc1nc(C(=O)NCc2cccnc2)cs1. The van der Waals surface area contributed by atoms with E-state index < -0.39 is 0 Å². The predicted molar refractivity (Wildman–Crippen MR) is 84.8 cm³/mol. The molecule has 2 aromatic heterocycles. The van der Waals surface area contributed by atoms with Gasteiger partial charge in [0.25, 0.3) is 5.91 Å². The molecule has 0 unspecified atom stereocenters. The molecule has 2 aromatic rings. The first kappa shape index (κ1) is 18.8. The molecule has 0 aliphatic carbocycles. The molecule has 0 aliphatic rings. The van der Waals surface area contributed by atoms with Crippen LogP contribution in [0.25, 0.3) is 0 Å². The van der Waals surface area contributed by atoms with Gasteiger partial charge in [-0.05, 0) is 18.2 Å². The maximum Gasteiger partial charge on any atom is 0.271 e. The fourth-order valence-corrected chi connectivity index (χ4v) is 2.22. The van der Waals surface area contributed by atoms with Gasteiger partial charge in [-0.2, -0.15) is 0 Å². The van der Waals surface area contributed by atoms with Crippen molar-refractivity contribution in [3.05, 3.63) is 46.2 Å². The summed E-state index contributed by atoms with van der Waals surface area (Å²) >= 11 is 1.46. The third-order valence-electron chi connectivity index (χ3n) is 2.32. The molecule has 0 saturated carbocycles. The van der Waals surface area contributed by atoms with Crippen LogP contribution >= 0.6 is 36.2 Å². The average Bonchev–Trinajstić information content (AvgIpc) is 2.86. The Morgan fingerprint density at radius 2 is 2.20 bits per heavy atom. The Labute approximate surface area is 133 Å². The van der Waals surface area contributed by atoms with Crippen molar-refractivity contribution in [3.63, 3.8) is 0 Å². The minimum absolute atomic E-state index is 0. The number of carbonyl (C=O) groups excluding carboxylic acids is 1. The number of nitrogens with one attached hydrogen (secondary N) is 1. The van der Waals surface area contributed by atoms with Crippen molar-refractivity contribution in [2.45, 2.75) is 13.0 Å². The first-order valence-corrected chi connectivity index (χ1v) is 6.49. The van der Waals surface area contributed by atoms with Gasteiger partial charge in [0.05, 0.1) is 5.01 Å². The van der Waals surface area contributed by atoms with Crippen LogP contribution in [-0.2, 0) is 13.0 Å². The van der Waals surface area contributed by atoms with Crippen LogP contribution in [0.4, 0.5) is 0 Å². The van der Waals surface area contributed by atoms with Crippen molar-refractivity contribution in [3.8, 4) is 0 Å². The van der Waals surface area contributed by atoms with Crippen LogP contribution in [0.2, 0.25) is 0 Å². The van der Waals surface area contributed by atoms with Crippen LogP contribution in [0.5, 0.6) is 0 Å². The van der Waals surface area contributed by atoms with Crippen molar-refractivity contribution >= 4 is 42.1 Å². The maximum absolute atomic E-state index is 11.8. The molecule has 20 heavy (non-hydrogen) atoms. The second-order valence-electron chi connectivity index (χ2n) is 3.71. The lowest BCUT2D eigenvalue weighted by molar-refractivity contribution is 0.0946. The summed E-state index contributed by atoms with van der Waals surface area (Å²) in [6.07, 6.45) is 4.13. The van der Waals surface area contributed by atoms with Crippen LogP contribution in [0.1, 0.15) is 21.1 Å². The largest absolute Gasteiger partial charge is 0.347 e. The topological polar surface area (TPSA) is 80.9 Å². The normalized spacial score (nSPS) is 9.25. The van der Waals surface area contributed by atoms with Crippen LogP contribution in [0.15, 0.2) is 29.9 Å². The molecule has 0 fully saturated rings. The monoisotopic (exact) mass is 334 g/mol. The fourth-order valence-electron chi connectivity index (χ4n) is 1.43. The quantitative estimate of drug-likeness (QED) is 0.873. The predicted octanol–water partition coefficient (Wildman–Crippen LogP) is 1.81. The molecular formula is C12H16Cl2N4OS. The molecule has 2 rings (SSSR count). The van der Waals surface area contributed by atoms with E-state index >= 15 is 0 Å². The highest BCUT2D eigenvalue weighted by atomic mass is 35.5. The molecule has 110 valence electrons. The zero-order valence-electron chi connectivity index (χ0n) is 10.6. The standard InChI is InChI=1S/C12H14N4OS.2ClH/c13-4-3-11-16-10(8-18-11)12(17)15-7-9-2-1-5-14-6-9;;/h1-2,5-6,8H,3-4,7,13H2,(H,15,17);2*1H. The van der Waals surface area contributed by atoms with Crippen molar-refractivity contribution in [1.82, 2.24) is 15.3 Å². The first-order valence-electron chi connectivity index (χ1n) is 5.61. The van der Waals surface area contributed by atoms with E-state index in [9.17, 15) is 4.79 Å². The number of aromatic nitrogens is 2. The molecule has 0 aromatic carbocycles. The van der Waals surface area contributed by atoms with E-state index in [1.54, 1.807) is 17.8 Å². The highest BCUT2D eigenvalue weighted by Crippen LogP contribution is 2.10. The molecule has 0 radical (unpaired) electrons. The summed E-state index contributed by atoms with van der Waals surface area (Å²) in [7, 11) is 0. The van der Waals surface area contributed by atoms with Gasteiger partial charge >= 0.3 is 0 Å². The molecule has 0 bridgehead atoms. The second kappa shape index (κ2) is 9.66. The van der Waals surface area contributed by atoms with Crippen molar-refractivity contribution in [1.29, 1.82) is 0 Å². The van der Waals surface area contributed by atoms with Crippen LogP contribution in [0, 0.1) is 0 Å². The number of rotatable bonds is 5. The summed E-state index contributed by atoms with van der Waals surface area (Å²) in [5.41, 5.74) is 6.85. The summed E-state index contributed by atoms with van der Waals surface area (Å²) in [6.45, 7) is 1.00. The first-order chi connectivity index (χ1) is 8.79. The number of pyridine rings is 1. The zero-order chi connectivity index (χ0) is 12.8. The summed E-state index contributed by atoms with van der Waals surface area (Å²) in [6, 6.07) is 3.75. The molecule has 8 heteroatoms. The van der Waals surface area contributed by atoms with Gasteiger partial charge in [-0.1, -0.05) is 6.07 Å². The Morgan fingerprint density at radius 1 is 1.40 bits per heavy atom. The molecule has 3 N–H and O–H groups in total. The number of thiazole rings is 1. The summed E-state index contributed by atoms with van der Waals surface area (Å²) in [5.74, 6) is -0.168. The Balaban J connectivity index is 0.00000180. The molecule has 0 saturated heterocycles. The van der Waals surface area contributed by atoms with Gasteiger partial charge in [-0.15, -0.1) is 36.2 Å². The zero-order valence-corrected chi connectivity index (χ0v) is 13.1. The van der Waals surface area contributed by atoms with Crippen LogP contribution in [-0.4, -0.2) is 22.4 Å². The molecule has 0 spiro atoms. The average molecular weight is 335 g/mol. The van der Waals surface area contributed by atoms with E-state index in [4.69, 9.17) is 5.73 Å². The van der Waals surface area contributed by atoms with Gasteiger partial charge in [0.2, 0.25) is 0 Å². The third-order valence-corrected chi connectivity index (χ3v) is 3.23. The molecule has 1 amide bonds. The van der Waals surface area contributed by atoms with Gasteiger partial charge in [0.1, 0.15) is 5.69 Å². The van der Waals surface area contributed by atoms with Crippen molar-refractivity contribution < 1.29 is 4.79 Å². The lowest BCUT2D eigenvalue weighted by atomic mass is 10.3. The number of carbonyl (C=O) groups is 1. The lowest BCUT2D eigenvalue weighted by Crippen LogP contribution is -2.23. The van der Waals surface area contributed by atoms with Gasteiger partial charge in [-0.3, -0.25) is 9.78 Å². The highest BCUT2D eigenvalue weighted by Gasteiger charge is 2.09. The molecule has 2 heterocycles. The summed E-state index contributed by atoms with van der Waals surface area (Å²) in [4.78, 5) is 20.0. The Kier molecular flexibility index (Phi) is 9.07. The van der Waals surface area contributed by atoms with Crippen molar-refractivity contribution in [2.24, 2.45) is 5.73 Å². The van der Waals surface area contributed by atoms with Gasteiger partial charge < -0.3 is 11.1 Å². The molecule has 5 nitrogen and oxygen atoms in total. The number of amides is 1. The molecule has 0 aliphatic heterocycles. The number of hydrogen-bond donors (Lipinski definition) is 2.